The Morgan fingerprint density at radius 2 is 1.75 bits per heavy atom. The Kier molecular flexibility index (Phi) is 4.02. The van der Waals surface area contributed by atoms with Crippen molar-refractivity contribution >= 4 is 12.4 Å². The molecule has 0 bridgehead atoms. The van der Waals surface area contributed by atoms with E-state index in [1.807, 2.05) is 0 Å². The average Bonchev–Trinajstić information content (AvgIpc) is 2.38. The van der Waals surface area contributed by atoms with Gasteiger partial charge in [0, 0.05) is 5.56 Å². The van der Waals surface area contributed by atoms with Crippen LogP contribution in [-0.4, -0.2) is 6.98 Å². The average molecular weight is 283 g/mol. The van der Waals surface area contributed by atoms with Crippen molar-refractivity contribution in [3.05, 3.63) is 59.4 Å². The molecule has 2 aromatic rings. The molecule has 0 heterocycles. The van der Waals surface area contributed by atoms with E-state index in [0.717, 1.165) is 12.1 Å². The zero-order valence-corrected chi connectivity index (χ0v) is 10.7. The summed E-state index contributed by atoms with van der Waals surface area (Å²) in [7, 11) is 0. The SMILES string of the molecule is Cc1cc([B-](F)(F)F)ccc1OCc1ccccc1F. The third-order valence-corrected chi connectivity index (χ3v) is 2.92. The molecule has 6 heteroatoms. The minimum absolute atomic E-state index is 0.0238. The second-order valence-electron chi connectivity index (χ2n) is 4.48. The van der Waals surface area contributed by atoms with Gasteiger partial charge in [0.1, 0.15) is 18.2 Å². The molecule has 0 unspecified atom stereocenters. The van der Waals surface area contributed by atoms with Gasteiger partial charge in [-0.3, -0.25) is 0 Å². The monoisotopic (exact) mass is 283 g/mol. The summed E-state index contributed by atoms with van der Waals surface area (Å²) in [6, 6.07) is 9.38. The van der Waals surface area contributed by atoms with Gasteiger partial charge in [-0.25, -0.2) is 4.39 Å². The lowest BCUT2D eigenvalue weighted by molar-refractivity contribution is 0.298. The van der Waals surface area contributed by atoms with Crippen LogP contribution in [0, 0.1) is 12.7 Å². The van der Waals surface area contributed by atoms with E-state index in [4.69, 9.17) is 4.74 Å². The number of ether oxygens (including phenoxy) is 1. The highest BCUT2D eigenvalue weighted by atomic mass is 19.4. The third kappa shape index (κ3) is 3.32. The Bertz CT molecular complexity index is 610. The molecule has 0 radical (unpaired) electrons. The summed E-state index contributed by atoms with van der Waals surface area (Å²) in [6.45, 7) is -3.51. The molecule has 20 heavy (non-hydrogen) atoms. The number of hydrogen-bond donors (Lipinski definition) is 0. The minimum Gasteiger partial charge on any atom is -0.489 e. The summed E-state index contributed by atoms with van der Waals surface area (Å²) in [6.07, 6.45) is 0. The summed E-state index contributed by atoms with van der Waals surface area (Å²) >= 11 is 0. The van der Waals surface area contributed by atoms with Gasteiger partial charge in [-0.15, -0.1) is 5.46 Å². The van der Waals surface area contributed by atoms with Gasteiger partial charge in [-0.05, 0) is 24.6 Å². The lowest BCUT2D eigenvalue weighted by Gasteiger charge is -2.17. The number of hydrogen-bond acceptors (Lipinski definition) is 1. The molecule has 0 atom stereocenters. The van der Waals surface area contributed by atoms with Crippen LogP contribution in [0.15, 0.2) is 42.5 Å². The standard InChI is InChI=1S/C14H12BF4O/c1-10-8-12(15(17,18)19)6-7-14(10)20-9-11-4-2-3-5-13(11)16/h2-8H,9H2,1H3/q-1. The van der Waals surface area contributed by atoms with Crippen LogP contribution < -0.4 is 10.2 Å². The van der Waals surface area contributed by atoms with Crippen LogP contribution in [0.25, 0.3) is 0 Å². The Labute approximate surface area is 114 Å². The van der Waals surface area contributed by atoms with E-state index in [1.165, 1.54) is 19.1 Å². The fourth-order valence-electron chi connectivity index (χ4n) is 1.81. The van der Waals surface area contributed by atoms with Gasteiger partial charge in [0.25, 0.3) is 0 Å². The topological polar surface area (TPSA) is 9.23 Å². The molecule has 0 fully saturated rings. The van der Waals surface area contributed by atoms with Crippen LogP contribution in [0.5, 0.6) is 5.75 Å². The van der Waals surface area contributed by atoms with Gasteiger partial charge in [-0.2, -0.15) is 0 Å². The van der Waals surface area contributed by atoms with Gasteiger partial charge in [-0.1, -0.05) is 30.3 Å². The van der Waals surface area contributed by atoms with Crippen molar-refractivity contribution in [3.8, 4) is 5.75 Å². The smallest absolute Gasteiger partial charge is 0.489 e. The lowest BCUT2D eigenvalue weighted by atomic mass is 9.79. The van der Waals surface area contributed by atoms with E-state index >= 15 is 0 Å². The molecule has 2 rings (SSSR count). The van der Waals surface area contributed by atoms with Crippen molar-refractivity contribution in [2.75, 3.05) is 0 Å². The van der Waals surface area contributed by atoms with Crippen LogP contribution in [0.4, 0.5) is 17.3 Å². The predicted octanol–water partition coefficient (Wildman–Crippen LogP) is 3.77. The van der Waals surface area contributed by atoms with Gasteiger partial charge in [0.2, 0.25) is 0 Å². The molecular weight excluding hydrogens is 271 g/mol. The molecule has 0 aromatic heterocycles. The first-order valence-electron chi connectivity index (χ1n) is 6.04. The lowest BCUT2D eigenvalue weighted by Crippen LogP contribution is -2.34. The maximum absolute atomic E-state index is 13.4. The highest BCUT2D eigenvalue weighted by Crippen LogP contribution is 2.20. The van der Waals surface area contributed by atoms with Gasteiger partial charge < -0.3 is 17.7 Å². The number of halogens is 4. The molecule has 0 spiro atoms. The summed E-state index contributed by atoms with van der Waals surface area (Å²) in [5.41, 5.74) is 0.0646. The molecule has 0 N–H and O–H groups in total. The fraction of sp³-hybridized carbons (Fsp3) is 0.143. The Morgan fingerprint density at radius 1 is 1.05 bits per heavy atom. The van der Waals surface area contributed by atoms with E-state index in [-0.39, 0.29) is 6.61 Å². The van der Waals surface area contributed by atoms with Crippen LogP contribution in [-0.2, 0) is 6.61 Å². The zero-order chi connectivity index (χ0) is 14.8. The van der Waals surface area contributed by atoms with Gasteiger partial charge in [0.05, 0.1) is 0 Å². The van der Waals surface area contributed by atoms with Crippen molar-refractivity contribution in [2.24, 2.45) is 0 Å². The second kappa shape index (κ2) is 5.57. The normalized spacial score (nSPS) is 11.4. The number of aryl methyl sites for hydroxylation is 1. The van der Waals surface area contributed by atoms with E-state index in [0.29, 0.717) is 16.9 Å². The molecule has 2 aromatic carbocycles. The van der Waals surface area contributed by atoms with Gasteiger partial charge >= 0.3 is 6.98 Å². The molecule has 0 saturated heterocycles. The van der Waals surface area contributed by atoms with Gasteiger partial charge in [0.15, 0.2) is 0 Å². The molecule has 0 aliphatic rings. The summed E-state index contributed by atoms with van der Waals surface area (Å²) in [5, 5.41) is 0. The van der Waals surface area contributed by atoms with Crippen molar-refractivity contribution < 1.29 is 22.1 Å². The van der Waals surface area contributed by atoms with Crippen LogP contribution in [0.3, 0.4) is 0 Å². The molecule has 106 valence electrons. The third-order valence-electron chi connectivity index (χ3n) is 2.92. The molecule has 0 aliphatic carbocycles. The zero-order valence-electron chi connectivity index (χ0n) is 10.7. The van der Waals surface area contributed by atoms with E-state index in [2.05, 4.69) is 0 Å². The highest BCUT2D eigenvalue weighted by molar-refractivity contribution is 6.73. The fourth-order valence-corrected chi connectivity index (χ4v) is 1.81. The van der Waals surface area contributed by atoms with Crippen molar-refractivity contribution in [2.45, 2.75) is 13.5 Å². The molecule has 1 nitrogen and oxygen atoms in total. The molecule has 0 amide bonds. The maximum atomic E-state index is 13.4. The summed E-state index contributed by atoms with van der Waals surface area (Å²) in [5.74, 6) is -0.0857. The molecular formula is C14H12BF4O-. The van der Waals surface area contributed by atoms with Crippen molar-refractivity contribution in [3.63, 3.8) is 0 Å². The summed E-state index contributed by atoms with van der Waals surface area (Å²) < 4.78 is 56.5. The quantitative estimate of drug-likeness (QED) is 0.613. The first-order valence-corrected chi connectivity index (χ1v) is 6.04. The number of benzene rings is 2. The summed E-state index contributed by atoms with van der Waals surface area (Å²) in [4.78, 5) is 0. The first kappa shape index (κ1) is 14.4. The van der Waals surface area contributed by atoms with E-state index < -0.39 is 18.3 Å². The van der Waals surface area contributed by atoms with E-state index in [1.54, 1.807) is 18.2 Å². The van der Waals surface area contributed by atoms with Crippen molar-refractivity contribution in [1.29, 1.82) is 0 Å². The van der Waals surface area contributed by atoms with Crippen LogP contribution >= 0.6 is 0 Å². The molecule has 0 saturated carbocycles. The Hall–Kier alpha value is -1.98. The van der Waals surface area contributed by atoms with E-state index in [9.17, 15) is 17.3 Å². The maximum Gasteiger partial charge on any atom is 0.509 e. The Balaban J connectivity index is 2.13. The van der Waals surface area contributed by atoms with Crippen molar-refractivity contribution in [1.82, 2.24) is 0 Å². The molecule has 0 aliphatic heterocycles. The number of rotatable bonds is 4. The van der Waals surface area contributed by atoms with Crippen LogP contribution in [0.1, 0.15) is 11.1 Å². The van der Waals surface area contributed by atoms with Crippen LogP contribution in [0.2, 0.25) is 0 Å². The predicted molar refractivity (Wildman–Crippen MR) is 70.6 cm³/mol. The largest absolute Gasteiger partial charge is 0.509 e. The second-order valence-corrected chi connectivity index (χ2v) is 4.48. The Morgan fingerprint density at radius 3 is 2.35 bits per heavy atom. The highest BCUT2D eigenvalue weighted by Gasteiger charge is 2.25. The first-order chi connectivity index (χ1) is 9.38. The minimum atomic E-state index is -5.02.